The molecule has 0 bridgehead atoms. The number of aliphatic hydroxyl groups is 1. The minimum absolute atomic E-state index is 0.0890. The lowest BCUT2D eigenvalue weighted by molar-refractivity contribution is -0.126. The number of hydrogen-bond acceptors (Lipinski definition) is 5. The molecule has 0 saturated carbocycles. The molecule has 0 aliphatic rings. The van der Waals surface area contributed by atoms with E-state index in [1.165, 1.54) is 7.11 Å². The summed E-state index contributed by atoms with van der Waals surface area (Å²) in [6, 6.07) is 0. The summed E-state index contributed by atoms with van der Waals surface area (Å²) in [5, 5.41) is 12.6. The van der Waals surface area contributed by atoms with E-state index in [0.29, 0.717) is 13.0 Å². The van der Waals surface area contributed by atoms with Crippen LogP contribution in [0.5, 0.6) is 0 Å². The third-order valence-electron chi connectivity index (χ3n) is 1.58. The van der Waals surface area contributed by atoms with E-state index in [4.69, 9.17) is 14.6 Å². The number of methoxy groups -OCH3 is 1. The zero-order valence-corrected chi connectivity index (χ0v) is 8.97. The van der Waals surface area contributed by atoms with E-state index < -0.39 is 6.29 Å². The van der Waals surface area contributed by atoms with Crippen LogP contribution in [0.4, 0.5) is 0 Å². The van der Waals surface area contributed by atoms with Gasteiger partial charge in [-0.15, -0.1) is 0 Å². The van der Waals surface area contributed by atoms with E-state index in [-0.39, 0.29) is 6.10 Å². The minimum Gasteiger partial charge on any atom is -0.399 e. The van der Waals surface area contributed by atoms with Crippen molar-refractivity contribution in [2.45, 2.75) is 32.2 Å². The summed E-state index contributed by atoms with van der Waals surface area (Å²) in [6.45, 7) is 2.17. The molecule has 0 spiro atoms. The Hall–Kier alpha value is -0.650. The number of aliphatic hydroxyl groups excluding tert-OH is 1. The van der Waals surface area contributed by atoms with Gasteiger partial charge in [0.1, 0.15) is 7.11 Å². The Bertz CT molecular complexity index is 150. The van der Waals surface area contributed by atoms with Crippen LogP contribution in [0.1, 0.15) is 19.8 Å². The predicted molar refractivity (Wildman–Crippen MR) is 53.2 cm³/mol. The lowest BCUT2D eigenvalue weighted by Gasteiger charge is -2.17. The van der Waals surface area contributed by atoms with Crippen LogP contribution in [0, 0.1) is 0 Å². The maximum atomic E-state index is 9.04. The second kappa shape index (κ2) is 8.93. The molecule has 5 nitrogen and oxygen atoms in total. The Morgan fingerprint density at radius 3 is 2.64 bits per heavy atom. The van der Waals surface area contributed by atoms with Crippen LogP contribution in [-0.2, 0) is 14.3 Å². The minimum atomic E-state index is -0.771. The second-order valence-electron chi connectivity index (χ2n) is 2.85. The lowest BCUT2D eigenvalue weighted by atomic mass is 10.2. The highest BCUT2D eigenvalue weighted by Crippen LogP contribution is 2.05. The van der Waals surface area contributed by atoms with Gasteiger partial charge < -0.3 is 19.4 Å². The molecule has 5 heteroatoms. The highest BCUT2D eigenvalue weighted by atomic mass is 16.6. The summed E-state index contributed by atoms with van der Waals surface area (Å²) >= 11 is 0. The lowest BCUT2D eigenvalue weighted by Crippen LogP contribution is -2.21. The first-order chi connectivity index (χ1) is 6.70. The molecule has 0 aliphatic carbocycles. The van der Waals surface area contributed by atoms with Crippen molar-refractivity contribution in [2.24, 2.45) is 5.16 Å². The Morgan fingerprint density at radius 1 is 1.43 bits per heavy atom. The molecule has 0 aromatic carbocycles. The first-order valence-electron chi connectivity index (χ1n) is 4.58. The molecule has 0 fully saturated rings. The van der Waals surface area contributed by atoms with Crippen LogP contribution < -0.4 is 0 Å². The smallest absolute Gasteiger partial charge is 0.152 e. The fourth-order valence-corrected chi connectivity index (χ4v) is 1.00. The molecule has 0 radical (unpaired) electrons. The number of oxime groups is 1. The monoisotopic (exact) mass is 205 g/mol. The van der Waals surface area contributed by atoms with Gasteiger partial charge >= 0.3 is 0 Å². The molecule has 84 valence electrons. The van der Waals surface area contributed by atoms with Crippen LogP contribution in [0.3, 0.4) is 0 Å². The molecule has 1 N–H and O–H groups in total. The van der Waals surface area contributed by atoms with Gasteiger partial charge in [0, 0.05) is 26.4 Å². The predicted octanol–water partition coefficient (Wildman–Crippen LogP) is 0.769. The van der Waals surface area contributed by atoms with Crippen LogP contribution in [-0.4, -0.2) is 44.5 Å². The highest BCUT2D eigenvalue weighted by Gasteiger charge is 2.10. The average molecular weight is 205 g/mol. The molecule has 0 rings (SSSR count). The van der Waals surface area contributed by atoms with Crippen LogP contribution >= 0.6 is 0 Å². The first-order valence-corrected chi connectivity index (χ1v) is 4.58. The molecule has 0 amide bonds. The third kappa shape index (κ3) is 7.97. The van der Waals surface area contributed by atoms with E-state index in [0.717, 1.165) is 6.42 Å². The van der Waals surface area contributed by atoms with Crippen LogP contribution in [0.25, 0.3) is 0 Å². The van der Waals surface area contributed by atoms with Gasteiger partial charge in [-0.1, -0.05) is 5.16 Å². The van der Waals surface area contributed by atoms with E-state index in [1.54, 1.807) is 20.2 Å². The van der Waals surface area contributed by atoms with Gasteiger partial charge in [-0.05, 0) is 13.3 Å². The van der Waals surface area contributed by atoms with Crippen molar-refractivity contribution in [1.82, 2.24) is 0 Å². The number of nitrogens with zero attached hydrogens (tertiary/aromatic N) is 1. The van der Waals surface area contributed by atoms with Gasteiger partial charge in [0.05, 0.1) is 6.10 Å². The van der Waals surface area contributed by atoms with E-state index in [9.17, 15) is 0 Å². The molecule has 2 atom stereocenters. The van der Waals surface area contributed by atoms with Crippen molar-refractivity contribution in [3.05, 3.63) is 0 Å². The standard InChI is InChI=1S/C9H19NO4/c1-8(11)14-9(5-7-12-2)4-6-10-13-3/h6,8-9,11H,4-5,7H2,1-3H3/b10-6-. The average Bonchev–Trinajstić information content (AvgIpc) is 2.13. The van der Waals surface area contributed by atoms with Crippen molar-refractivity contribution >= 4 is 6.21 Å². The van der Waals surface area contributed by atoms with Crippen molar-refractivity contribution in [2.75, 3.05) is 20.8 Å². The van der Waals surface area contributed by atoms with E-state index in [2.05, 4.69) is 9.99 Å². The summed E-state index contributed by atoms with van der Waals surface area (Å²) in [5.41, 5.74) is 0. The SMILES string of the molecule is COCCC(C/C=N\OC)OC(C)O. The van der Waals surface area contributed by atoms with Gasteiger partial charge in [-0.25, -0.2) is 0 Å². The number of ether oxygens (including phenoxy) is 2. The van der Waals surface area contributed by atoms with Gasteiger partial charge in [0.25, 0.3) is 0 Å². The Morgan fingerprint density at radius 2 is 2.14 bits per heavy atom. The largest absolute Gasteiger partial charge is 0.399 e. The van der Waals surface area contributed by atoms with Gasteiger partial charge in [0.2, 0.25) is 0 Å². The third-order valence-corrected chi connectivity index (χ3v) is 1.58. The Labute approximate surface area is 84.6 Å². The maximum Gasteiger partial charge on any atom is 0.152 e. The zero-order valence-electron chi connectivity index (χ0n) is 8.97. The fraction of sp³-hybridized carbons (Fsp3) is 0.889. The van der Waals surface area contributed by atoms with Crippen LogP contribution in [0.15, 0.2) is 5.16 Å². The summed E-state index contributed by atoms with van der Waals surface area (Å²) < 4.78 is 10.2. The Kier molecular flexibility index (Phi) is 8.51. The Balaban J connectivity index is 3.77. The molecule has 14 heavy (non-hydrogen) atoms. The van der Waals surface area contributed by atoms with Crippen molar-refractivity contribution < 1.29 is 19.4 Å². The quantitative estimate of drug-likeness (QED) is 0.361. The topological polar surface area (TPSA) is 60.3 Å². The number of rotatable bonds is 8. The summed E-state index contributed by atoms with van der Waals surface area (Å²) in [6.07, 6.45) is 2.07. The van der Waals surface area contributed by atoms with Gasteiger partial charge in [-0.2, -0.15) is 0 Å². The van der Waals surface area contributed by atoms with Crippen LogP contribution in [0.2, 0.25) is 0 Å². The molecular weight excluding hydrogens is 186 g/mol. The molecule has 0 aromatic heterocycles. The zero-order chi connectivity index (χ0) is 10.8. The highest BCUT2D eigenvalue weighted by molar-refractivity contribution is 5.56. The van der Waals surface area contributed by atoms with E-state index in [1.807, 2.05) is 0 Å². The maximum absolute atomic E-state index is 9.04. The second-order valence-corrected chi connectivity index (χ2v) is 2.85. The van der Waals surface area contributed by atoms with Crippen molar-refractivity contribution in [3.8, 4) is 0 Å². The van der Waals surface area contributed by atoms with Gasteiger partial charge in [-0.3, -0.25) is 0 Å². The summed E-state index contributed by atoms with van der Waals surface area (Å²) in [7, 11) is 3.11. The van der Waals surface area contributed by atoms with Gasteiger partial charge in [0.15, 0.2) is 6.29 Å². The van der Waals surface area contributed by atoms with Crippen molar-refractivity contribution in [3.63, 3.8) is 0 Å². The van der Waals surface area contributed by atoms with E-state index >= 15 is 0 Å². The summed E-state index contributed by atoms with van der Waals surface area (Å²) in [5.74, 6) is 0. The molecular formula is C9H19NO4. The molecule has 0 aliphatic heterocycles. The summed E-state index contributed by atoms with van der Waals surface area (Å²) in [4.78, 5) is 4.52. The molecule has 0 saturated heterocycles. The normalized spacial score (nSPS) is 15.7. The molecule has 0 aromatic rings. The first kappa shape index (κ1) is 13.4. The fourth-order valence-electron chi connectivity index (χ4n) is 1.00. The van der Waals surface area contributed by atoms with Crippen molar-refractivity contribution in [1.29, 1.82) is 0 Å². The molecule has 0 heterocycles. The molecule has 2 unspecified atom stereocenters. The number of hydrogen-bond donors (Lipinski definition) is 1.